The molecular weight excluding hydrogens is 675 g/mol. The van der Waals surface area contributed by atoms with Gasteiger partial charge >= 0.3 is 0 Å². The molecule has 11 nitrogen and oxygen atoms in total. The molecule has 3 heterocycles. The normalized spacial score (nSPS) is 9.62. The first-order chi connectivity index (χ1) is 21.5. The molecule has 0 aliphatic carbocycles. The summed E-state index contributed by atoms with van der Waals surface area (Å²) in [4.78, 5) is 20.1. The van der Waals surface area contributed by atoms with Gasteiger partial charge in [0, 0.05) is 28.6 Å². The van der Waals surface area contributed by atoms with Crippen molar-refractivity contribution < 1.29 is 13.2 Å². The number of rotatable bonds is 7. The summed E-state index contributed by atoms with van der Waals surface area (Å²) in [6.07, 6.45) is 11.0. The van der Waals surface area contributed by atoms with Crippen LogP contribution in [-0.2, 0) is 6.42 Å². The van der Waals surface area contributed by atoms with E-state index < -0.39 is 17.8 Å². The average molecular weight is 723 g/mol. The Morgan fingerprint density at radius 1 is 0.830 bits per heavy atom. The second kappa shape index (κ2) is 24.8. The molecule has 0 fully saturated rings. The summed E-state index contributed by atoms with van der Waals surface area (Å²) < 4.78 is 38.8. The Kier molecular flexibility index (Phi) is 23.6. The van der Waals surface area contributed by atoms with Gasteiger partial charge in [-0.05, 0) is 101 Å². The third-order valence-corrected chi connectivity index (χ3v) is 5.37. The van der Waals surface area contributed by atoms with Crippen molar-refractivity contribution in [3.63, 3.8) is 0 Å². The quantitative estimate of drug-likeness (QED) is 0.122. The highest BCUT2D eigenvalue weighted by Gasteiger charge is 2.05. The topological polar surface area (TPSA) is 165 Å². The van der Waals surface area contributed by atoms with Crippen LogP contribution in [0.2, 0.25) is 0 Å². The lowest BCUT2D eigenvalue weighted by molar-refractivity contribution is 0.400. The maximum absolute atomic E-state index is 13.2. The SMILES string of the molecule is C.C#CCN(C)C.CN(C)CC#Cc1cnc(F)c(N)c1.CN(C)CCCc1cnc(F)c(N=C(N)N)c1.Nc1cc(Br)cnc1F. The fourth-order valence-electron chi connectivity index (χ4n) is 2.89. The van der Waals surface area contributed by atoms with E-state index in [4.69, 9.17) is 29.4 Å². The number of aromatic nitrogens is 3. The maximum Gasteiger partial charge on any atom is 0.238 e. The third-order valence-electron chi connectivity index (χ3n) is 4.93. The van der Waals surface area contributed by atoms with Crippen LogP contribution in [0.1, 0.15) is 25.0 Å². The Morgan fingerprint density at radius 2 is 1.38 bits per heavy atom. The molecule has 0 aliphatic rings. The summed E-state index contributed by atoms with van der Waals surface area (Å²) >= 11 is 3.09. The molecule has 8 N–H and O–H groups in total. The first kappa shape index (κ1) is 44.7. The van der Waals surface area contributed by atoms with Gasteiger partial charge in [-0.2, -0.15) is 13.2 Å². The van der Waals surface area contributed by atoms with Crippen molar-refractivity contribution >= 4 is 39.0 Å². The van der Waals surface area contributed by atoms with Crippen LogP contribution >= 0.6 is 15.9 Å². The second-order valence-electron chi connectivity index (χ2n) is 10.2. The van der Waals surface area contributed by atoms with Crippen LogP contribution < -0.4 is 22.9 Å². The van der Waals surface area contributed by atoms with Gasteiger partial charge in [0.1, 0.15) is 5.69 Å². The number of aliphatic imine (C=N–C) groups is 1. The zero-order valence-corrected chi connectivity index (χ0v) is 28.6. The summed E-state index contributed by atoms with van der Waals surface area (Å²) in [5, 5.41) is 0. The number of pyridine rings is 3. The fourth-order valence-corrected chi connectivity index (χ4v) is 3.23. The van der Waals surface area contributed by atoms with Gasteiger partial charge in [-0.15, -0.1) is 6.42 Å². The molecule has 15 heteroatoms. The van der Waals surface area contributed by atoms with E-state index in [1.165, 1.54) is 30.7 Å². The molecule has 3 aromatic heterocycles. The number of terminal acetylenes is 1. The number of anilines is 2. The second-order valence-corrected chi connectivity index (χ2v) is 11.1. The van der Waals surface area contributed by atoms with E-state index in [0.717, 1.165) is 31.5 Å². The lowest BCUT2D eigenvalue weighted by Gasteiger charge is -2.09. The minimum atomic E-state index is -0.658. The molecule has 0 spiro atoms. The minimum Gasteiger partial charge on any atom is -0.395 e. The first-order valence-electron chi connectivity index (χ1n) is 13.6. The number of nitrogens with two attached hydrogens (primary N) is 4. The zero-order chi connectivity index (χ0) is 35.2. The van der Waals surface area contributed by atoms with Crippen molar-refractivity contribution in [1.29, 1.82) is 0 Å². The van der Waals surface area contributed by atoms with E-state index in [1.54, 1.807) is 6.07 Å². The predicted molar refractivity (Wildman–Crippen MR) is 191 cm³/mol. The number of halogens is 4. The highest BCUT2D eigenvalue weighted by atomic mass is 79.9. The molecule has 0 atom stereocenters. The lowest BCUT2D eigenvalue weighted by Crippen LogP contribution is -2.22. The van der Waals surface area contributed by atoms with Gasteiger partial charge in [0.15, 0.2) is 5.96 Å². The molecule has 0 saturated heterocycles. The van der Waals surface area contributed by atoms with Gasteiger partial charge in [-0.25, -0.2) is 19.9 Å². The molecule has 0 unspecified atom stereocenters. The van der Waals surface area contributed by atoms with Crippen molar-refractivity contribution in [3.8, 4) is 24.2 Å². The van der Waals surface area contributed by atoms with Crippen LogP contribution in [0.5, 0.6) is 0 Å². The largest absolute Gasteiger partial charge is 0.395 e. The van der Waals surface area contributed by atoms with Crippen molar-refractivity contribution in [2.24, 2.45) is 16.5 Å². The van der Waals surface area contributed by atoms with E-state index >= 15 is 0 Å². The van der Waals surface area contributed by atoms with Gasteiger partial charge in [0.05, 0.1) is 24.5 Å². The molecule has 0 radical (unpaired) electrons. The number of guanidine groups is 1. The van der Waals surface area contributed by atoms with E-state index in [0.29, 0.717) is 16.6 Å². The van der Waals surface area contributed by atoms with Crippen LogP contribution in [0.15, 0.2) is 46.3 Å². The Bertz CT molecular complexity index is 1480. The Morgan fingerprint density at radius 3 is 1.83 bits per heavy atom. The van der Waals surface area contributed by atoms with Crippen molar-refractivity contribution in [2.45, 2.75) is 20.3 Å². The molecule has 47 heavy (non-hydrogen) atoms. The maximum atomic E-state index is 13.2. The van der Waals surface area contributed by atoms with Crippen LogP contribution in [-0.4, -0.2) is 97.5 Å². The minimum absolute atomic E-state index is 0. The van der Waals surface area contributed by atoms with E-state index in [2.05, 4.69) is 58.5 Å². The third kappa shape index (κ3) is 22.7. The van der Waals surface area contributed by atoms with Gasteiger partial charge in [0.25, 0.3) is 0 Å². The summed E-state index contributed by atoms with van der Waals surface area (Å²) in [5.41, 5.74) is 22.6. The zero-order valence-electron chi connectivity index (χ0n) is 27.0. The summed E-state index contributed by atoms with van der Waals surface area (Å²) in [6, 6.07) is 4.56. The smallest absolute Gasteiger partial charge is 0.238 e. The number of hydrogen-bond acceptors (Lipinski definition) is 9. The molecule has 0 aromatic carbocycles. The standard InChI is InChI=1S/C11H18FN5.C10H12FN3.C5H4BrFN2.C5H9N.CH4/c1-17(2)5-3-4-8-6-9(16-11(13)14)10(12)15-7-8;1-14(2)5-3-4-8-6-9(12)10(11)13-7-8;6-3-1-4(8)5(7)9-2-3;1-4-5-6(2)3;/h6-7H,3-5H2,1-2H3,(H4,13,14,16);6-7H,5,12H2,1-2H3;1-2H,8H2;1H,5H2,2-3H3;1H4. The lowest BCUT2D eigenvalue weighted by atomic mass is 10.1. The van der Waals surface area contributed by atoms with Crippen molar-refractivity contribution in [2.75, 3.05) is 73.4 Å². The van der Waals surface area contributed by atoms with E-state index in [-0.39, 0.29) is 30.4 Å². The molecule has 3 rings (SSSR count). The molecule has 258 valence electrons. The van der Waals surface area contributed by atoms with Gasteiger partial charge in [-0.1, -0.05) is 25.2 Å². The van der Waals surface area contributed by atoms with Gasteiger partial charge in [-0.3, -0.25) is 9.80 Å². The highest BCUT2D eigenvalue weighted by molar-refractivity contribution is 9.10. The monoisotopic (exact) mass is 721 g/mol. The Hall–Kier alpha value is -4.41. The number of hydrogen-bond donors (Lipinski definition) is 4. The summed E-state index contributed by atoms with van der Waals surface area (Å²) in [6.45, 7) is 2.35. The van der Waals surface area contributed by atoms with E-state index in [1.807, 2.05) is 52.1 Å². The van der Waals surface area contributed by atoms with Crippen LogP contribution in [0.4, 0.5) is 30.2 Å². The summed E-state index contributed by atoms with van der Waals surface area (Å²) in [7, 11) is 11.7. The number of aryl methyl sites for hydroxylation is 1. The van der Waals surface area contributed by atoms with Crippen molar-refractivity contribution in [3.05, 3.63) is 70.2 Å². The number of nitrogens with zero attached hydrogens (tertiary/aromatic N) is 7. The predicted octanol–water partition coefficient (Wildman–Crippen LogP) is 3.72. The Labute approximate surface area is 285 Å². The van der Waals surface area contributed by atoms with Crippen LogP contribution in [0, 0.1) is 42.0 Å². The van der Waals surface area contributed by atoms with Crippen molar-refractivity contribution in [1.82, 2.24) is 29.7 Å². The van der Waals surface area contributed by atoms with E-state index in [9.17, 15) is 13.2 Å². The fraction of sp³-hybridized carbons (Fsp3) is 0.375. The Balaban J connectivity index is 0. The van der Waals surface area contributed by atoms with Crippen LogP contribution in [0.3, 0.4) is 0 Å². The molecule has 3 aromatic rings. The first-order valence-corrected chi connectivity index (χ1v) is 14.4. The highest BCUT2D eigenvalue weighted by Crippen LogP contribution is 2.18. The summed E-state index contributed by atoms with van der Waals surface area (Å²) in [5.74, 6) is 6.14. The average Bonchev–Trinajstić information content (AvgIpc) is 2.95. The molecular formula is C32H47BrF3N11. The molecule has 0 bridgehead atoms. The number of nitrogen functional groups attached to an aromatic ring is 2. The molecule has 0 amide bonds. The van der Waals surface area contributed by atoms with Crippen LogP contribution in [0.25, 0.3) is 0 Å². The van der Waals surface area contributed by atoms with Gasteiger partial charge in [0.2, 0.25) is 17.8 Å². The molecule has 0 saturated carbocycles. The van der Waals surface area contributed by atoms with Gasteiger partial charge < -0.3 is 27.8 Å². The molecule has 0 aliphatic heterocycles.